The molecule has 1 aliphatic rings. The first-order valence-corrected chi connectivity index (χ1v) is 6.79. The van der Waals surface area contributed by atoms with E-state index in [1.165, 1.54) is 6.07 Å². The second-order valence-electron chi connectivity index (χ2n) is 5.26. The normalized spacial score (nSPS) is 24.2. The number of rotatable bonds is 2. The number of nitrogens with two attached hydrogens (primary N) is 1. The van der Waals surface area contributed by atoms with Gasteiger partial charge in [0.05, 0.1) is 29.1 Å². The average Bonchev–Trinajstić information content (AvgIpc) is 2.56. The van der Waals surface area contributed by atoms with E-state index in [0.717, 1.165) is 37.8 Å². The molecule has 0 radical (unpaired) electrons. The zero-order valence-corrected chi connectivity index (χ0v) is 11.1. The summed E-state index contributed by atoms with van der Waals surface area (Å²) in [5.41, 5.74) is 5.41. The Kier molecular flexibility index (Phi) is 4.42. The van der Waals surface area contributed by atoms with Gasteiger partial charge in [0.25, 0.3) is 0 Å². The quantitative estimate of drug-likeness (QED) is 0.577. The Balaban J connectivity index is 2.13. The van der Waals surface area contributed by atoms with E-state index in [4.69, 9.17) is 5.73 Å². The second-order valence-corrected chi connectivity index (χ2v) is 5.26. The molecule has 0 amide bonds. The number of halogens is 3. The highest BCUT2D eigenvalue weighted by molar-refractivity contribution is 5.67. The van der Waals surface area contributed by atoms with Crippen LogP contribution in [0, 0.1) is 0 Å². The first-order valence-electron chi connectivity index (χ1n) is 6.79. The van der Waals surface area contributed by atoms with Crippen molar-refractivity contribution in [1.82, 2.24) is 0 Å². The predicted molar refractivity (Wildman–Crippen MR) is 72.4 cm³/mol. The van der Waals surface area contributed by atoms with Crippen molar-refractivity contribution in [3.8, 4) is 0 Å². The minimum Gasteiger partial charge on any atom is -0.397 e. The van der Waals surface area contributed by atoms with Gasteiger partial charge in [-0.3, -0.25) is 0 Å². The Hall–Kier alpha value is -1.43. The van der Waals surface area contributed by atoms with Gasteiger partial charge < -0.3 is 16.2 Å². The fourth-order valence-electron chi connectivity index (χ4n) is 2.53. The van der Waals surface area contributed by atoms with Crippen molar-refractivity contribution in [1.29, 1.82) is 0 Å². The Morgan fingerprint density at radius 1 is 1.15 bits per heavy atom. The topological polar surface area (TPSA) is 58.3 Å². The molecule has 0 aliphatic heterocycles. The lowest BCUT2D eigenvalue weighted by Crippen LogP contribution is -2.32. The van der Waals surface area contributed by atoms with E-state index >= 15 is 0 Å². The van der Waals surface area contributed by atoms with Crippen LogP contribution >= 0.6 is 0 Å². The lowest BCUT2D eigenvalue weighted by molar-refractivity contribution is -0.137. The molecule has 2 unspecified atom stereocenters. The maximum Gasteiger partial charge on any atom is 0.416 e. The second kappa shape index (κ2) is 5.91. The van der Waals surface area contributed by atoms with Gasteiger partial charge in [-0.15, -0.1) is 0 Å². The Labute approximate surface area is 116 Å². The summed E-state index contributed by atoms with van der Waals surface area (Å²) in [6, 6.07) is 3.10. The number of hydrogen-bond acceptors (Lipinski definition) is 3. The zero-order valence-electron chi connectivity index (χ0n) is 11.1. The highest BCUT2D eigenvalue weighted by Gasteiger charge is 2.31. The molecule has 1 aromatic rings. The van der Waals surface area contributed by atoms with Crippen LogP contribution in [0.15, 0.2) is 18.2 Å². The molecule has 0 spiro atoms. The minimum atomic E-state index is -4.39. The molecular weight excluding hydrogens is 269 g/mol. The molecule has 112 valence electrons. The number of aliphatic hydroxyl groups excluding tert-OH is 1. The van der Waals surface area contributed by atoms with E-state index in [2.05, 4.69) is 5.32 Å². The van der Waals surface area contributed by atoms with E-state index in [9.17, 15) is 18.3 Å². The molecular formula is C14H19F3N2O. The fourth-order valence-corrected chi connectivity index (χ4v) is 2.53. The maximum absolute atomic E-state index is 12.6. The van der Waals surface area contributed by atoms with Gasteiger partial charge in [0.2, 0.25) is 0 Å². The van der Waals surface area contributed by atoms with Gasteiger partial charge >= 0.3 is 6.18 Å². The van der Waals surface area contributed by atoms with E-state index in [0.29, 0.717) is 12.1 Å². The van der Waals surface area contributed by atoms with Crippen LogP contribution < -0.4 is 11.1 Å². The van der Waals surface area contributed by atoms with Gasteiger partial charge in [-0.25, -0.2) is 0 Å². The van der Waals surface area contributed by atoms with Crippen molar-refractivity contribution in [3.05, 3.63) is 23.8 Å². The third kappa shape index (κ3) is 3.56. The van der Waals surface area contributed by atoms with Crippen molar-refractivity contribution in [2.24, 2.45) is 0 Å². The highest BCUT2D eigenvalue weighted by Crippen LogP contribution is 2.33. The van der Waals surface area contributed by atoms with E-state index < -0.39 is 17.8 Å². The van der Waals surface area contributed by atoms with Crippen LogP contribution in [0.4, 0.5) is 24.5 Å². The standard InChI is InChI=1S/C14H19F3N2O/c15-14(16,17)9-6-7-11(10(18)8-9)19-12-4-2-1-3-5-13(12)20/h6-8,12-13,19-20H,1-5,18H2. The number of nitrogens with one attached hydrogen (secondary N) is 1. The molecule has 1 saturated carbocycles. The van der Waals surface area contributed by atoms with Crippen molar-refractivity contribution in [2.45, 2.75) is 50.4 Å². The molecule has 1 aromatic carbocycles. The lowest BCUT2D eigenvalue weighted by Gasteiger charge is -2.24. The number of nitrogen functional groups attached to an aromatic ring is 1. The van der Waals surface area contributed by atoms with Crippen LogP contribution in [0.1, 0.15) is 37.7 Å². The largest absolute Gasteiger partial charge is 0.416 e. The summed E-state index contributed by atoms with van der Waals surface area (Å²) in [6.45, 7) is 0. The molecule has 1 aliphatic carbocycles. The first-order chi connectivity index (χ1) is 9.38. The summed E-state index contributed by atoms with van der Waals surface area (Å²) < 4.78 is 37.7. The molecule has 0 heterocycles. The van der Waals surface area contributed by atoms with E-state index in [1.54, 1.807) is 0 Å². The Morgan fingerprint density at radius 2 is 1.85 bits per heavy atom. The molecule has 2 atom stereocenters. The van der Waals surface area contributed by atoms with Gasteiger partial charge in [0, 0.05) is 0 Å². The monoisotopic (exact) mass is 288 g/mol. The van der Waals surface area contributed by atoms with E-state index in [1.807, 2.05) is 0 Å². The van der Waals surface area contributed by atoms with Crippen LogP contribution in [-0.4, -0.2) is 17.3 Å². The Bertz CT molecular complexity index is 462. The van der Waals surface area contributed by atoms with Crippen molar-refractivity contribution in [2.75, 3.05) is 11.1 Å². The molecule has 4 N–H and O–H groups in total. The number of anilines is 2. The van der Waals surface area contributed by atoms with Gasteiger partial charge in [-0.2, -0.15) is 13.2 Å². The molecule has 0 saturated heterocycles. The number of hydrogen-bond donors (Lipinski definition) is 3. The summed E-state index contributed by atoms with van der Waals surface area (Å²) in [4.78, 5) is 0. The summed E-state index contributed by atoms with van der Waals surface area (Å²) in [6.07, 6.45) is -0.345. The highest BCUT2D eigenvalue weighted by atomic mass is 19.4. The molecule has 20 heavy (non-hydrogen) atoms. The smallest absolute Gasteiger partial charge is 0.397 e. The van der Waals surface area contributed by atoms with Crippen molar-refractivity contribution in [3.63, 3.8) is 0 Å². The van der Waals surface area contributed by atoms with Crippen LogP contribution in [-0.2, 0) is 6.18 Å². The maximum atomic E-state index is 12.6. The van der Waals surface area contributed by atoms with Crippen LogP contribution in [0.5, 0.6) is 0 Å². The number of benzene rings is 1. The molecule has 2 rings (SSSR count). The van der Waals surface area contributed by atoms with Crippen LogP contribution in [0.25, 0.3) is 0 Å². The first kappa shape index (κ1) is 15.0. The summed E-state index contributed by atoms with van der Waals surface area (Å²) >= 11 is 0. The van der Waals surface area contributed by atoms with Gasteiger partial charge in [-0.05, 0) is 31.0 Å². The van der Waals surface area contributed by atoms with Crippen molar-refractivity contribution < 1.29 is 18.3 Å². The van der Waals surface area contributed by atoms with Gasteiger partial charge in [0.15, 0.2) is 0 Å². The molecule has 0 aromatic heterocycles. The Morgan fingerprint density at radius 3 is 2.50 bits per heavy atom. The van der Waals surface area contributed by atoms with E-state index in [-0.39, 0.29) is 11.7 Å². The summed E-state index contributed by atoms with van der Waals surface area (Å²) in [5.74, 6) is 0. The van der Waals surface area contributed by atoms with Crippen LogP contribution in [0.2, 0.25) is 0 Å². The van der Waals surface area contributed by atoms with Crippen LogP contribution in [0.3, 0.4) is 0 Å². The minimum absolute atomic E-state index is 0.0521. The van der Waals surface area contributed by atoms with Gasteiger partial charge in [0.1, 0.15) is 0 Å². The SMILES string of the molecule is Nc1cc(C(F)(F)F)ccc1NC1CCCCCC1O. The third-order valence-corrected chi connectivity index (χ3v) is 3.70. The molecule has 6 heteroatoms. The number of aliphatic hydroxyl groups is 1. The summed E-state index contributed by atoms with van der Waals surface area (Å²) in [5, 5.41) is 13.1. The molecule has 3 nitrogen and oxygen atoms in total. The predicted octanol–water partition coefficient (Wildman–Crippen LogP) is 3.39. The van der Waals surface area contributed by atoms with Gasteiger partial charge in [-0.1, -0.05) is 19.3 Å². The molecule has 0 bridgehead atoms. The average molecular weight is 288 g/mol. The lowest BCUT2D eigenvalue weighted by atomic mass is 10.0. The summed E-state index contributed by atoms with van der Waals surface area (Å²) in [7, 11) is 0. The molecule has 1 fully saturated rings. The zero-order chi connectivity index (χ0) is 14.8. The third-order valence-electron chi connectivity index (χ3n) is 3.70. The van der Waals surface area contributed by atoms with Crippen molar-refractivity contribution >= 4 is 11.4 Å². The fraction of sp³-hybridized carbons (Fsp3) is 0.571. The number of alkyl halides is 3.